The molecular formula is C16H21Br2NO4S. The van der Waals surface area contributed by atoms with Crippen molar-refractivity contribution in [3.63, 3.8) is 0 Å². The lowest BCUT2D eigenvalue weighted by Crippen LogP contribution is -2.36. The summed E-state index contributed by atoms with van der Waals surface area (Å²) < 4.78 is 12.0. The monoisotopic (exact) mass is 481 g/mol. The van der Waals surface area contributed by atoms with E-state index in [1.807, 2.05) is 34.6 Å². The summed E-state index contributed by atoms with van der Waals surface area (Å²) in [7, 11) is 0. The van der Waals surface area contributed by atoms with Crippen LogP contribution in [0.15, 0.2) is 35.2 Å². The van der Waals surface area contributed by atoms with E-state index in [1.54, 1.807) is 13.8 Å². The molecule has 5 nitrogen and oxygen atoms in total. The van der Waals surface area contributed by atoms with E-state index in [1.165, 1.54) is 11.9 Å². The second-order valence-corrected chi connectivity index (χ2v) is 8.07. The number of nitrogens with zero attached hydrogens (tertiary/aromatic N) is 1. The van der Waals surface area contributed by atoms with E-state index < -0.39 is 9.65 Å². The average molecular weight is 483 g/mol. The van der Waals surface area contributed by atoms with Crippen LogP contribution in [0.25, 0.3) is 0 Å². The van der Waals surface area contributed by atoms with Crippen molar-refractivity contribution >= 4 is 55.7 Å². The molecule has 0 radical (unpaired) electrons. The fraction of sp³-hybridized carbons (Fsp3) is 0.500. The van der Waals surface area contributed by atoms with Crippen molar-refractivity contribution < 1.29 is 19.1 Å². The lowest BCUT2D eigenvalue weighted by atomic mass is 10.4. The molecule has 1 rings (SSSR count). The van der Waals surface area contributed by atoms with Crippen LogP contribution in [0.1, 0.15) is 13.8 Å². The maximum absolute atomic E-state index is 11.8. The third-order valence-corrected chi connectivity index (χ3v) is 5.16. The van der Waals surface area contributed by atoms with Gasteiger partial charge in [-0.05, 0) is 37.9 Å². The maximum Gasteiger partial charge on any atom is 0.321 e. The summed E-state index contributed by atoms with van der Waals surface area (Å²) in [6.07, 6.45) is 0. The van der Waals surface area contributed by atoms with Crippen LogP contribution < -0.4 is 0 Å². The van der Waals surface area contributed by atoms with E-state index in [4.69, 9.17) is 9.47 Å². The standard InChI is InChI=1S/C16H21Br2NO4S/c1-3-22-15(20)13(17)10-19(11-14(18)16(21)23-4-2)24-12-8-6-5-7-9-12/h5-9,13-14H,3-4,10-11H2,1-2H3. The smallest absolute Gasteiger partial charge is 0.321 e. The summed E-state index contributed by atoms with van der Waals surface area (Å²) in [6, 6.07) is 9.76. The Morgan fingerprint density at radius 2 is 1.46 bits per heavy atom. The van der Waals surface area contributed by atoms with Crippen molar-refractivity contribution in [1.29, 1.82) is 0 Å². The minimum atomic E-state index is -0.476. The number of carbonyl (C=O) groups is 2. The van der Waals surface area contributed by atoms with E-state index in [9.17, 15) is 9.59 Å². The molecule has 0 spiro atoms. The molecule has 0 saturated carbocycles. The van der Waals surface area contributed by atoms with Gasteiger partial charge < -0.3 is 9.47 Å². The summed E-state index contributed by atoms with van der Waals surface area (Å²) in [5.74, 6) is -0.642. The fourth-order valence-corrected chi connectivity index (χ4v) is 4.12. The van der Waals surface area contributed by atoms with Gasteiger partial charge in [-0.15, -0.1) is 0 Å². The predicted octanol–water partition coefficient (Wildman–Crippen LogP) is 3.65. The quantitative estimate of drug-likeness (QED) is 0.288. The van der Waals surface area contributed by atoms with Crippen molar-refractivity contribution in [1.82, 2.24) is 4.31 Å². The van der Waals surface area contributed by atoms with Gasteiger partial charge in [0, 0.05) is 18.0 Å². The number of hydrogen-bond acceptors (Lipinski definition) is 6. The Hall–Kier alpha value is -0.570. The summed E-state index contributed by atoms with van der Waals surface area (Å²) in [6.45, 7) is 4.97. The molecule has 8 heteroatoms. The number of alkyl halides is 2. The predicted molar refractivity (Wildman–Crippen MR) is 103 cm³/mol. The Labute approximate surface area is 163 Å². The van der Waals surface area contributed by atoms with Crippen LogP contribution in [0.4, 0.5) is 0 Å². The van der Waals surface area contributed by atoms with E-state index in [2.05, 4.69) is 31.9 Å². The first-order valence-electron chi connectivity index (χ1n) is 7.57. The van der Waals surface area contributed by atoms with Crippen LogP contribution in [-0.2, 0) is 19.1 Å². The molecule has 2 atom stereocenters. The van der Waals surface area contributed by atoms with Crippen LogP contribution in [0.5, 0.6) is 0 Å². The van der Waals surface area contributed by atoms with Crippen molar-refractivity contribution in [3.8, 4) is 0 Å². The first-order chi connectivity index (χ1) is 11.5. The molecule has 0 aliphatic heterocycles. The molecule has 0 saturated heterocycles. The Morgan fingerprint density at radius 1 is 1.00 bits per heavy atom. The molecule has 0 fully saturated rings. The zero-order valence-corrected chi connectivity index (χ0v) is 17.6. The Morgan fingerprint density at radius 3 is 1.88 bits per heavy atom. The van der Waals surface area contributed by atoms with E-state index in [-0.39, 0.29) is 11.9 Å². The molecular weight excluding hydrogens is 462 g/mol. The van der Waals surface area contributed by atoms with Crippen LogP contribution in [0.2, 0.25) is 0 Å². The Kier molecular flexibility index (Phi) is 10.6. The number of halogens is 2. The van der Waals surface area contributed by atoms with Gasteiger partial charge in [-0.1, -0.05) is 50.1 Å². The van der Waals surface area contributed by atoms with Crippen molar-refractivity contribution in [2.75, 3.05) is 26.3 Å². The SMILES string of the molecule is CCOC(=O)C(Br)CN(CC(Br)C(=O)OCC)Sc1ccccc1. The number of hydrogen-bond donors (Lipinski definition) is 0. The highest BCUT2D eigenvalue weighted by Crippen LogP contribution is 2.25. The van der Waals surface area contributed by atoms with E-state index in [0.717, 1.165) is 4.90 Å². The number of rotatable bonds is 10. The highest BCUT2D eigenvalue weighted by atomic mass is 79.9. The van der Waals surface area contributed by atoms with Crippen molar-refractivity contribution in [2.45, 2.75) is 28.4 Å². The molecule has 0 amide bonds. The topological polar surface area (TPSA) is 55.8 Å². The normalized spacial score (nSPS) is 13.4. The van der Waals surface area contributed by atoms with Crippen molar-refractivity contribution in [3.05, 3.63) is 30.3 Å². The molecule has 2 unspecified atom stereocenters. The molecule has 1 aromatic carbocycles. The fourth-order valence-electron chi connectivity index (χ4n) is 1.75. The lowest BCUT2D eigenvalue weighted by Gasteiger charge is -2.24. The molecule has 0 aliphatic carbocycles. The maximum atomic E-state index is 11.8. The van der Waals surface area contributed by atoms with Gasteiger partial charge in [0.2, 0.25) is 0 Å². The number of benzene rings is 1. The molecule has 0 N–H and O–H groups in total. The lowest BCUT2D eigenvalue weighted by molar-refractivity contribution is -0.142. The zero-order valence-electron chi connectivity index (χ0n) is 13.6. The van der Waals surface area contributed by atoms with Gasteiger partial charge in [0.25, 0.3) is 0 Å². The Balaban J connectivity index is 2.74. The summed E-state index contributed by atoms with van der Waals surface area (Å²) in [4.78, 5) is 23.8. The highest BCUT2D eigenvalue weighted by Gasteiger charge is 2.25. The highest BCUT2D eigenvalue weighted by molar-refractivity contribution is 9.10. The summed E-state index contributed by atoms with van der Waals surface area (Å²) >= 11 is 8.18. The average Bonchev–Trinajstić information content (AvgIpc) is 2.56. The van der Waals surface area contributed by atoms with Crippen LogP contribution in [0, 0.1) is 0 Å². The molecule has 134 valence electrons. The largest absolute Gasteiger partial charge is 0.465 e. The molecule has 0 heterocycles. The first-order valence-corrected chi connectivity index (χ1v) is 10.2. The Bertz CT molecular complexity index is 492. The minimum Gasteiger partial charge on any atom is -0.465 e. The molecule has 0 aliphatic rings. The number of ether oxygens (including phenoxy) is 2. The van der Waals surface area contributed by atoms with Crippen LogP contribution >= 0.6 is 43.8 Å². The van der Waals surface area contributed by atoms with Gasteiger partial charge in [-0.25, -0.2) is 4.31 Å². The summed E-state index contributed by atoms with van der Waals surface area (Å²) in [5.41, 5.74) is 0. The van der Waals surface area contributed by atoms with E-state index in [0.29, 0.717) is 26.3 Å². The number of esters is 2. The van der Waals surface area contributed by atoms with Gasteiger partial charge in [-0.3, -0.25) is 9.59 Å². The third-order valence-electron chi connectivity index (χ3n) is 2.79. The van der Waals surface area contributed by atoms with Gasteiger partial charge >= 0.3 is 11.9 Å². The van der Waals surface area contributed by atoms with Crippen molar-refractivity contribution in [2.24, 2.45) is 0 Å². The first kappa shape index (κ1) is 21.5. The van der Waals surface area contributed by atoms with Crippen LogP contribution in [-0.4, -0.2) is 52.2 Å². The third kappa shape index (κ3) is 8.00. The molecule has 0 bridgehead atoms. The van der Waals surface area contributed by atoms with Gasteiger partial charge in [0.15, 0.2) is 0 Å². The zero-order chi connectivity index (χ0) is 17.9. The molecule has 0 aromatic heterocycles. The second-order valence-electron chi connectivity index (χ2n) is 4.69. The van der Waals surface area contributed by atoms with Crippen LogP contribution in [0.3, 0.4) is 0 Å². The van der Waals surface area contributed by atoms with Gasteiger partial charge in [0.05, 0.1) is 13.2 Å². The molecule has 1 aromatic rings. The van der Waals surface area contributed by atoms with Gasteiger partial charge in [-0.2, -0.15) is 0 Å². The minimum absolute atomic E-state index is 0.321. The van der Waals surface area contributed by atoms with E-state index >= 15 is 0 Å². The summed E-state index contributed by atoms with van der Waals surface area (Å²) in [5, 5.41) is 0. The number of carbonyl (C=O) groups excluding carboxylic acids is 2. The van der Waals surface area contributed by atoms with Gasteiger partial charge in [0.1, 0.15) is 9.65 Å². The molecule has 24 heavy (non-hydrogen) atoms. The second kappa shape index (κ2) is 11.9.